The van der Waals surface area contributed by atoms with Crippen LogP contribution in [0.15, 0.2) is 46.1 Å². The van der Waals surface area contributed by atoms with Crippen molar-refractivity contribution in [3.8, 4) is 0 Å². The van der Waals surface area contributed by atoms with Gasteiger partial charge in [0.15, 0.2) is 0 Å². The summed E-state index contributed by atoms with van der Waals surface area (Å²) in [5.41, 5.74) is 2.47. The molecule has 1 N–H and O–H groups in total. The molecule has 35 heavy (non-hydrogen) atoms. The first-order valence-corrected chi connectivity index (χ1v) is 13.7. The molecule has 0 spiro atoms. The summed E-state index contributed by atoms with van der Waals surface area (Å²) in [4.78, 5) is 38.5. The molecule has 186 valence electrons. The molecule has 3 aromatic rings. The Bertz CT molecular complexity index is 1450. The summed E-state index contributed by atoms with van der Waals surface area (Å²) >= 11 is 1.05. The van der Waals surface area contributed by atoms with Crippen LogP contribution in [0.2, 0.25) is 0 Å². The van der Waals surface area contributed by atoms with Crippen molar-refractivity contribution in [1.29, 1.82) is 0 Å². The number of anilines is 1. The second-order valence-corrected chi connectivity index (χ2v) is 11.4. The molecular formula is C24H28N4O5S2. The molecule has 0 bridgehead atoms. The van der Waals surface area contributed by atoms with Crippen molar-refractivity contribution >= 4 is 49.1 Å². The van der Waals surface area contributed by atoms with Crippen LogP contribution in [-0.4, -0.2) is 60.2 Å². The highest BCUT2D eigenvalue weighted by atomic mass is 32.2. The van der Waals surface area contributed by atoms with Gasteiger partial charge in [-0.15, -0.1) is 0 Å². The quantitative estimate of drug-likeness (QED) is 0.542. The molecular weight excluding hydrogens is 488 g/mol. The molecule has 0 saturated carbocycles. The molecule has 1 aliphatic heterocycles. The highest BCUT2D eigenvalue weighted by Crippen LogP contribution is 2.26. The van der Waals surface area contributed by atoms with Gasteiger partial charge in [-0.1, -0.05) is 24.3 Å². The number of fused-ring (bicyclic) bond motifs is 1. The van der Waals surface area contributed by atoms with E-state index in [1.807, 2.05) is 6.92 Å². The summed E-state index contributed by atoms with van der Waals surface area (Å²) in [6.45, 7) is 6.61. The monoisotopic (exact) mass is 516 g/mol. The van der Waals surface area contributed by atoms with Gasteiger partial charge in [0, 0.05) is 50.9 Å². The van der Waals surface area contributed by atoms with E-state index >= 15 is 0 Å². The number of nitrogens with one attached hydrogen (secondary N) is 1. The summed E-state index contributed by atoms with van der Waals surface area (Å²) < 4.78 is 30.3. The SMILES string of the molecule is CCCn1c(=O)sc2cc(S(=O)(=O)N3CCN(C(=O)c4cccc(NC(C)=O)c4C)CC3)ccc21. The lowest BCUT2D eigenvalue weighted by Gasteiger charge is -2.34. The zero-order valence-corrected chi connectivity index (χ0v) is 21.5. The third kappa shape index (κ3) is 4.89. The number of hydrogen-bond donors (Lipinski definition) is 1. The van der Waals surface area contributed by atoms with E-state index in [4.69, 9.17) is 0 Å². The van der Waals surface area contributed by atoms with Crippen molar-refractivity contribution in [2.75, 3.05) is 31.5 Å². The largest absolute Gasteiger partial charge is 0.336 e. The highest BCUT2D eigenvalue weighted by Gasteiger charge is 2.31. The van der Waals surface area contributed by atoms with E-state index < -0.39 is 10.0 Å². The number of aryl methyl sites for hydroxylation is 1. The van der Waals surface area contributed by atoms with Crippen molar-refractivity contribution < 1.29 is 18.0 Å². The number of piperazine rings is 1. The minimum absolute atomic E-state index is 0.0959. The van der Waals surface area contributed by atoms with Gasteiger partial charge < -0.3 is 10.2 Å². The molecule has 11 heteroatoms. The van der Waals surface area contributed by atoms with E-state index in [-0.39, 0.29) is 47.8 Å². The maximum absolute atomic E-state index is 13.3. The molecule has 4 rings (SSSR count). The molecule has 2 heterocycles. The Morgan fingerprint density at radius 1 is 1.09 bits per heavy atom. The minimum atomic E-state index is -3.77. The molecule has 0 atom stereocenters. The Balaban J connectivity index is 1.50. The fraction of sp³-hybridized carbons (Fsp3) is 0.375. The Kier molecular flexibility index (Phi) is 7.11. The fourth-order valence-electron chi connectivity index (χ4n) is 4.29. The average Bonchev–Trinajstić information content (AvgIpc) is 3.14. The van der Waals surface area contributed by atoms with Crippen molar-refractivity contribution in [1.82, 2.24) is 13.8 Å². The van der Waals surface area contributed by atoms with Gasteiger partial charge in [-0.3, -0.25) is 19.0 Å². The summed E-state index contributed by atoms with van der Waals surface area (Å²) in [6.07, 6.45) is 0.811. The molecule has 1 aromatic heterocycles. The Morgan fingerprint density at radius 2 is 1.80 bits per heavy atom. The third-order valence-corrected chi connectivity index (χ3v) is 8.96. The van der Waals surface area contributed by atoms with Crippen molar-refractivity contribution in [3.05, 3.63) is 57.2 Å². The summed E-state index contributed by atoms with van der Waals surface area (Å²) in [5.74, 6) is -0.417. The van der Waals surface area contributed by atoms with Gasteiger partial charge in [-0.05, 0) is 49.2 Å². The molecule has 1 saturated heterocycles. The second-order valence-electron chi connectivity index (χ2n) is 8.50. The van der Waals surface area contributed by atoms with E-state index in [0.717, 1.165) is 23.3 Å². The summed E-state index contributed by atoms with van der Waals surface area (Å²) in [6, 6.07) is 9.96. The lowest BCUT2D eigenvalue weighted by atomic mass is 10.0. The predicted octanol–water partition coefficient (Wildman–Crippen LogP) is 2.89. The van der Waals surface area contributed by atoms with Crippen molar-refractivity contribution in [3.63, 3.8) is 0 Å². The van der Waals surface area contributed by atoms with Crippen LogP contribution in [0.4, 0.5) is 5.69 Å². The van der Waals surface area contributed by atoms with Crippen LogP contribution < -0.4 is 10.2 Å². The number of sulfonamides is 1. The first-order chi connectivity index (χ1) is 16.6. The lowest BCUT2D eigenvalue weighted by molar-refractivity contribution is -0.114. The molecule has 1 aliphatic rings. The molecule has 2 amide bonds. The summed E-state index contributed by atoms with van der Waals surface area (Å²) in [5, 5.41) is 2.72. The number of thiazole rings is 1. The van der Waals surface area contributed by atoms with Crippen molar-refractivity contribution in [2.24, 2.45) is 0 Å². The van der Waals surface area contributed by atoms with Crippen LogP contribution in [0.1, 0.15) is 36.2 Å². The number of benzene rings is 2. The van der Waals surface area contributed by atoms with E-state index in [1.165, 1.54) is 11.2 Å². The van der Waals surface area contributed by atoms with Crippen LogP contribution in [0.3, 0.4) is 0 Å². The Morgan fingerprint density at radius 3 is 2.46 bits per heavy atom. The maximum Gasteiger partial charge on any atom is 0.308 e. The third-order valence-electron chi connectivity index (χ3n) is 6.13. The van der Waals surface area contributed by atoms with Crippen molar-refractivity contribution in [2.45, 2.75) is 38.6 Å². The highest BCUT2D eigenvalue weighted by molar-refractivity contribution is 7.89. The van der Waals surface area contributed by atoms with Crippen LogP contribution in [0.5, 0.6) is 0 Å². The Labute approximate surface area is 208 Å². The van der Waals surface area contributed by atoms with Gasteiger partial charge in [0.25, 0.3) is 5.91 Å². The predicted molar refractivity (Wildman–Crippen MR) is 137 cm³/mol. The number of aromatic nitrogens is 1. The smallest absolute Gasteiger partial charge is 0.308 e. The first-order valence-electron chi connectivity index (χ1n) is 11.4. The molecule has 0 aliphatic carbocycles. The number of rotatable bonds is 6. The van der Waals surface area contributed by atoms with E-state index in [0.29, 0.717) is 28.1 Å². The minimum Gasteiger partial charge on any atom is -0.336 e. The van der Waals surface area contributed by atoms with E-state index in [9.17, 15) is 22.8 Å². The number of nitrogens with zero attached hydrogens (tertiary/aromatic N) is 3. The lowest BCUT2D eigenvalue weighted by Crippen LogP contribution is -2.50. The van der Waals surface area contributed by atoms with Crippen LogP contribution in [-0.2, 0) is 21.4 Å². The van der Waals surface area contributed by atoms with Gasteiger partial charge in [0.05, 0.1) is 15.1 Å². The van der Waals surface area contributed by atoms with Crippen LogP contribution in [0, 0.1) is 6.92 Å². The topological polar surface area (TPSA) is 109 Å². The summed E-state index contributed by atoms with van der Waals surface area (Å²) in [7, 11) is -3.77. The molecule has 2 aromatic carbocycles. The standard InChI is InChI=1S/C24H28N4O5S2/c1-4-10-28-21-9-8-18(15-22(21)34-24(28)31)35(32,33)27-13-11-26(12-14-27)23(30)19-6-5-7-20(16(19)2)25-17(3)29/h5-9,15H,4,10-14H2,1-3H3,(H,25,29). The molecule has 0 radical (unpaired) electrons. The van der Waals surface area contributed by atoms with Gasteiger partial charge in [-0.2, -0.15) is 4.31 Å². The number of amides is 2. The number of carbonyl (C=O) groups excluding carboxylic acids is 2. The molecule has 1 fully saturated rings. The molecule has 9 nitrogen and oxygen atoms in total. The maximum atomic E-state index is 13.3. The number of carbonyl (C=O) groups is 2. The number of hydrogen-bond acceptors (Lipinski definition) is 6. The van der Waals surface area contributed by atoms with Gasteiger partial charge in [-0.25, -0.2) is 8.42 Å². The van der Waals surface area contributed by atoms with E-state index in [2.05, 4.69) is 5.32 Å². The van der Waals surface area contributed by atoms with Gasteiger partial charge in [0.2, 0.25) is 15.9 Å². The first kappa shape index (κ1) is 25.1. The second kappa shape index (κ2) is 9.92. The molecule has 0 unspecified atom stereocenters. The van der Waals surface area contributed by atoms with Crippen LogP contribution in [0.25, 0.3) is 10.2 Å². The average molecular weight is 517 g/mol. The fourth-order valence-corrected chi connectivity index (χ4v) is 6.77. The zero-order chi connectivity index (χ0) is 25.3. The normalized spacial score (nSPS) is 14.9. The van der Waals surface area contributed by atoms with Crippen LogP contribution >= 0.6 is 11.3 Å². The van der Waals surface area contributed by atoms with E-state index in [1.54, 1.807) is 52.8 Å². The van der Waals surface area contributed by atoms with Gasteiger partial charge in [0.1, 0.15) is 0 Å². The van der Waals surface area contributed by atoms with Gasteiger partial charge >= 0.3 is 4.87 Å². The Hall–Kier alpha value is -3.02. The zero-order valence-electron chi connectivity index (χ0n) is 19.9.